The van der Waals surface area contributed by atoms with Crippen molar-refractivity contribution < 1.29 is 54.1 Å². The molecule has 0 saturated carbocycles. The Morgan fingerprint density at radius 1 is 0.524 bits per heavy atom. The zero-order valence-electron chi connectivity index (χ0n) is 22.9. The molecule has 12 heteroatoms. The summed E-state index contributed by atoms with van der Waals surface area (Å²) in [5, 5.41) is 0. The summed E-state index contributed by atoms with van der Waals surface area (Å²) in [6, 6.07) is 6.46. The average Bonchev–Trinajstić information content (AvgIpc) is 2.97. The summed E-state index contributed by atoms with van der Waals surface area (Å²) in [6.07, 6.45) is -3.62. The van der Waals surface area contributed by atoms with Crippen LogP contribution in [0.2, 0.25) is 0 Å². The second-order valence-electron chi connectivity index (χ2n) is 9.25. The molecule has 3 aromatic rings. The molecule has 0 amide bonds. The highest BCUT2D eigenvalue weighted by atomic mass is 19.2. The van der Waals surface area contributed by atoms with E-state index in [1.165, 1.54) is 6.07 Å². The molecule has 0 radical (unpaired) electrons. The van der Waals surface area contributed by atoms with Crippen molar-refractivity contribution in [3.8, 4) is 23.0 Å². The van der Waals surface area contributed by atoms with Crippen LogP contribution in [0.15, 0.2) is 36.4 Å². The molecule has 0 aliphatic rings. The first kappa shape index (κ1) is 32.8. The average molecular weight is 607 g/mol. The van der Waals surface area contributed by atoms with Gasteiger partial charge in [0, 0.05) is 12.8 Å². The molecular weight excluding hydrogens is 576 g/mol. The van der Waals surface area contributed by atoms with Crippen molar-refractivity contribution >= 4 is 0 Å². The van der Waals surface area contributed by atoms with E-state index in [1.54, 1.807) is 6.92 Å². The minimum atomic E-state index is -1.91. The van der Waals surface area contributed by atoms with Crippen LogP contribution in [0, 0.1) is 34.9 Å². The van der Waals surface area contributed by atoms with Gasteiger partial charge >= 0.3 is 0 Å². The van der Waals surface area contributed by atoms with E-state index in [1.807, 2.05) is 6.92 Å². The first-order chi connectivity index (χ1) is 20.1. The number of rotatable bonds is 16. The Morgan fingerprint density at radius 2 is 0.905 bits per heavy atom. The van der Waals surface area contributed by atoms with Crippen LogP contribution in [-0.4, -0.2) is 38.8 Å². The van der Waals surface area contributed by atoms with Crippen molar-refractivity contribution in [3.05, 3.63) is 82.4 Å². The lowest BCUT2D eigenvalue weighted by Gasteiger charge is -2.15. The van der Waals surface area contributed by atoms with Crippen LogP contribution >= 0.6 is 0 Å². The summed E-state index contributed by atoms with van der Waals surface area (Å²) < 4.78 is 135. The first-order valence-electron chi connectivity index (χ1n) is 13.3. The normalized spacial score (nSPS) is 12.6. The molecule has 42 heavy (non-hydrogen) atoms. The van der Waals surface area contributed by atoms with Crippen molar-refractivity contribution in [1.29, 1.82) is 0 Å². The zero-order chi connectivity index (χ0) is 30.8. The van der Waals surface area contributed by atoms with Gasteiger partial charge < -0.3 is 18.9 Å². The standard InChI is InChI=1S/C30H30F8O4/c1-3-5-12-40-22-9-7-18(26(34)28(22)36)14-20(32)16-42-24-11-10-23(29(37)30(24)38)41-15-19(31)13-17-6-8-21(39-4-2)27(35)25(17)33/h6-11,19-20H,3-5,12-16H2,1-2H3. The SMILES string of the molecule is CCCCOc1ccc(CC(F)COc2ccc(OCC(F)Cc3ccc(OCC)c(F)c3F)c(F)c2F)c(F)c1F. The molecule has 0 spiro atoms. The molecule has 0 N–H and O–H groups in total. The maximum Gasteiger partial charge on any atom is 0.204 e. The fraction of sp³-hybridized carbons (Fsp3) is 0.400. The van der Waals surface area contributed by atoms with Gasteiger partial charge in [-0.05, 0) is 48.7 Å². The summed E-state index contributed by atoms with van der Waals surface area (Å²) in [5.41, 5.74) is -0.599. The molecule has 0 heterocycles. The van der Waals surface area contributed by atoms with Gasteiger partial charge in [-0.3, -0.25) is 0 Å². The third-order valence-corrected chi connectivity index (χ3v) is 6.04. The molecule has 230 valence electrons. The largest absolute Gasteiger partial charge is 0.491 e. The highest BCUT2D eigenvalue weighted by molar-refractivity contribution is 5.36. The van der Waals surface area contributed by atoms with Crippen molar-refractivity contribution in [2.24, 2.45) is 0 Å². The van der Waals surface area contributed by atoms with Crippen LogP contribution in [0.5, 0.6) is 23.0 Å². The van der Waals surface area contributed by atoms with Crippen LogP contribution in [0.1, 0.15) is 37.8 Å². The molecule has 0 aromatic heterocycles. The molecule has 0 saturated heterocycles. The minimum absolute atomic E-state index is 0.0979. The molecular formula is C30H30F8O4. The van der Waals surface area contributed by atoms with Gasteiger partial charge in [0.05, 0.1) is 13.2 Å². The summed E-state index contributed by atoms with van der Waals surface area (Å²) >= 11 is 0. The lowest BCUT2D eigenvalue weighted by Crippen LogP contribution is -2.18. The molecule has 0 fully saturated rings. The lowest BCUT2D eigenvalue weighted by atomic mass is 10.1. The van der Waals surface area contributed by atoms with E-state index in [2.05, 4.69) is 0 Å². The summed E-state index contributed by atoms with van der Waals surface area (Å²) in [5.74, 6) is -10.2. The summed E-state index contributed by atoms with van der Waals surface area (Å²) in [6.45, 7) is 2.14. The smallest absolute Gasteiger partial charge is 0.204 e. The Balaban J connectivity index is 1.54. The van der Waals surface area contributed by atoms with Crippen molar-refractivity contribution in [3.63, 3.8) is 0 Å². The number of benzene rings is 3. The predicted molar refractivity (Wildman–Crippen MR) is 139 cm³/mol. The van der Waals surface area contributed by atoms with E-state index in [-0.39, 0.29) is 35.8 Å². The first-order valence-corrected chi connectivity index (χ1v) is 13.3. The van der Waals surface area contributed by atoms with Gasteiger partial charge in [-0.2, -0.15) is 17.6 Å². The Bertz CT molecular complexity index is 1340. The van der Waals surface area contributed by atoms with Gasteiger partial charge in [0.2, 0.25) is 23.3 Å². The number of hydrogen-bond donors (Lipinski definition) is 0. The van der Waals surface area contributed by atoms with Crippen LogP contribution < -0.4 is 18.9 Å². The van der Waals surface area contributed by atoms with E-state index >= 15 is 0 Å². The van der Waals surface area contributed by atoms with Gasteiger partial charge in [-0.1, -0.05) is 25.5 Å². The number of ether oxygens (including phenoxy) is 4. The Labute approximate surface area is 238 Å². The van der Waals surface area contributed by atoms with E-state index < -0.39 is 84.8 Å². The van der Waals surface area contributed by atoms with Gasteiger partial charge in [0.25, 0.3) is 0 Å². The molecule has 0 aliphatic heterocycles. The fourth-order valence-electron chi connectivity index (χ4n) is 3.86. The number of unbranched alkanes of at least 4 members (excludes halogenated alkanes) is 1. The highest BCUT2D eigenvalue weighted by Gasteiger charge is 2.22. The Kier molecular flexibility index (Phi) is 12.1. The number of hydrogen-bond acceptors (Lipinski definition) is 4. The topological polar surface area (TPSA) is 36.9 Å². The van der Waals surface area contributed by atoms with E-state index in [0.29, 0.717) is 6.42 Å². The van der Waals surface area contributed by atoms with E-state index in [0.717, 1.165) is 36.8 Å². The molecule has 0 bridgehead atoms. The minimum Gasteiger partial charge on any atom is -0.491 e. The fourth-order valence-corrected chi connectivity index (χ4v) is 3.86. The zero-order valence-corrected chi connectivity index (χ0v) is 22.9. The third kappa shape index (κ3) is 8.42. The number of halogens is 8. The van der Waals surface area contributed by atoms with E-state index in [9.17, 15) is 35.1 Å². The van der Waals surface area contributed by atoms with Gasteiger partial charge in [-0.25, -0.2) is 17.6 Å². The Morgan fingerprint density at radius 3 is 1.33 bits per heavy atom. The predicted octanol–water partition coefficient (Wildman–Crippen LogP) is 8.02. The summed E-state index contributed by atoms with van der Waals surface area (Å²) in [4.78, 5) is 0. The second-order valence-corrected chi connectivity index (χ2v) is 9.25. The van der Waals surface area contributed by atoms with Crippen LogP contribution in [-0.2, 0) is 12.8 Å². The van der Waals surface area contributed by atoms with Crippen LogP contribution in [0.3, 0.4) is 0 Å². The molecule has 2 unspecified atom stereocenters. The lowest BCUT2D eigenvalue weighted by molar-refractivity contribution is 0.178. The maximum atomic E-state index is 14.5. The van der Waals surface area contributed by atoms with Crippen molar-refractivity contribution in [1.82, 2.24) is 0 Å². The molecule has 3 aromatic carbocycles. The maximum absolute atomic E-state index is 14.5. The van der Waals surface area contributed by atoms with Gasteiger partial charge in [0.1, 0.15) is 25.6 Å². The highest BCUT2D eigenvalue weighted by Crippen LogP contribution is 2.30. The van der Waals surface area contributed by atoms with Crippen LogP contribution in [0.25, 0.3) is 0 Å². The monoisotopic (exact) mass is 606 g/mol. The van der Waals surface area contributed by atoms with Crippen LogP contribution in [0.4, 0.5) is 35.1 Å². The van der Waals surface area contributed by atoms with Crippen molar-refractivity contribution in [2.75, 3.05) is 26.4 Å². The quantitative estimate of drug-likeness (QED) is 0.122. The third-order valence-electron chi connectivity index (χ3n) is 6.04. The molecule has 2 atom stereocenters. The van der Waals surface area contributed by atoms with Crippen molar-refractivity contribution in [2.45, 2.75) is 51.9 Å². The molecule has 3 rings (SSSR count). The molecule has 0 aliphatic carbocycles. The second kappa shape index (κ2) is 15.5. The van der Waals surface area contributed by atoms with Gasteiger partial charge in [0.15, 0.2) is 34.6 Å². The van der Waals surface area contributed by atoms with E-state index in [4.69, 9.17) is 18.9 Å². The molecule has 4 nitrogen and oxygen atoms in total. The summed E-state index contributed by atoms with van der Waals surface area (Å²) in [7, 11) is 0. The van der Waals surface area contributed by atoms with Gasteiger partial charge in [-0.15, -0.1) is 0 Å². The number of alkyl halides is 2. The Hall–Kier alpha value is -3.70.